The molecule has 3 heterocycles. The van der Waals surface area contributed by atoms with E-state index in [0.717, 1.165) is 21.5 Å². The maximum atomic E-state index is 13.1. The molecule has 0 aliphatic rings. The zero-order chi connectivity index (χ0) is 21.4. The molecule has 5 aromatic rings. The largest absolute Gasteiger partial charge is 0.338 e. The van der Waals surface area contributed by atoms with E-state index < -0.39 is 0 Å². The number of benzene rings is 2. The summed E-state index contributed by atoms with van der Waals surface area (Å²) in [5.74, 6) is 1.48. The Hall–Kier alpha value is -3.23. The van der Waals surface area contributed by atoms with Crippen LogP contribution in [-0.4, -0.2) is 19.7 Å². The molecular formula is C23H18N4O2S2. The summed E-state index contributed by atoms with van der Waals surface area (Å²) in [4.78, 5) is 23.0. The lowest BCUT2D eigenvalue weighted by Crippen LogP contribution is -2.19. The van der Waals surface area contributed by atoms with Crippen molar-refractivity contribution in [3.8, 4) is 22.5 Å². The van der Waals surface area contributed by atoms with E-state index in [1.54, 1.807) is 11.6 Å². The van der Waals surface area contributed by atoms with Gasteiger partial charge in [0.05, 0.1) is 11.1 Å². The second kappa shape index (κ2) is 8.13. The first-order valence-corrected chi connectivity index (χ1v) is 11.5. The Balaban J connectivity index is 1.41. The fourth-order valence-corrected chi connectivity index (χ4v) is 5.07. The second-order valence-corrected chi connectivity index (χ2v) is 8.92. The van der Waals surface area contributed by atoms with Crippen LogP contribution < -0.4 is 5.56 Å². The quantitative estimate of drug-likeness (QED) is 0.269. The van der Waals surface area contributed by atoms with Gasteiger partial charge in [-0.1, -0.05) is 77.1 Å². The van der Waals surface area contributed by atoms with E-state index in [0.29, 0.717) is 28.0 Å². The molecule has 0 atom stereocenters. The summed E-state index contributed by atoms with van der Waals surface area (Å²) in [6.07, 6.45) is 0. The zero-order valence-corrected chi connectivity index (χ0v) is 18.5. The first-order chi connectivity index (χ1) is 15.1. The van der Waals surface area contributed by atoms with E-state index in [2.05, 4.69) is 10.1 Å². The van der Waals surface area contributed by atoms with Crippen LogP contribution in [0.2, 0.25) is 0 Å². The minimum Gasteiger partial charge on any atom is -0.338 e. The van der Waals surface area contributed by atoms with Crippen molar-refractivity contribution in [2.24, 2.45) is 7.05 Å². The van der Waals surface area contributed by atoms with Crippen LogP contribution in [0.3, 0.4) is 0 Å². The van der Waals surface area contributed by atoms with Crippen LogP contribution in [0.15, 0.2) is 74.5 Å². The number of aromatic nitrogens is 4. The van der Waals surface area contributed by atoms with E-state index in [1.807, 2.05) is 66.9 Å². The monoisotopic (exact) mass is 446 g/mol. The fraction of sp³-hybridized carbons (Fsp3) is 0.130. The molecule has 0 saturated carbocycles. The SMILES string of the molecule is Cc1ccc(-c2noc(CSc3nc4scc(-c5ccccc5)c4c(=O)n3C)n2)cc1. The van der Waals surface area contributed by atoms with Gasteiger partial charge in [-0.15, -0.1) is 11.3 Å². The average molecular weight is 447 g/mol. The molecule has 0 aliphatic heterocycles. The van der Waals surface area contributed by atoms with Crippen LogP contribution in [0.5, 0.6) is 0 Å². The van der Waals surface area contributed by atoms with Crippen molar-refractivity contribution in [2.45, 2.75) is 17.8 Å². The molecule has 0 unspecified atom stereocenters. The summed E-state index contributed by atoms with van der Waals surface area (Å²) >= 11 is 2.89. The zero-order valence-electron chi connectivity index (χ0n) is 16.9. The van der Waals surface area contributed by atoms with Crippen LogP contribution in [-0.2, 0) is 12.8 Å². The lowest BCUT2D eigenvalue weighted by molar-refractivity contribution is 0.391. The summed E-state index contributed by atoms with van der Waals surface area (Å²) in [5, 5.41) is 7.34. The number of hydrogen-bond donors (Lipinski definition) is 0. The first kappa shape index (κ1) is 19.7. The second-order valence-electron chi connectivity index (χ2n) is 7.12. The molecule has 8 heteroatoms. The Kier molecular flexibility index (Phi) is 5.17. The van der Waals surface area contributed by atoms with Crippen LogP contribution >= 0.6 is 23.1 Å². The number of thiophene rings is 1. The van der Waals surface area contributed by atoms with Crippen LogP contribution in [0, 0.1) is 6.92 Å². The van der Waals surface area contributed by atoms with Gasteiger partial charge >= 0.3 is 0 Å². The highest BCUT2D eigenvalue weighted by atomic mass is 32.2. The number of aryl methyl sites for hydroxylation is 1. The molecule has 0 N–H and O–H groups in total. The lowest BCUT2D eigenvalue weighted by Gasteiger charge is -2.06. The van der Waals surface area contributed by atoms with Crippen LogP contribution in [0.4, 0.5) is 0 Å². The fourth-order valence-electron chi connectivity index (χ4n) is 3.27. The van der Waals surface area contributed by atoms with Gasteiger partial charge in [-0.25, -0.2) is 4.98 Å². The normalized spacial score (nSPS) is 11.3. The standard InChI is InChI=1S/C23H18N4O2S2/c1-14-8-10-16(11-9-14)20-24-18(29-26-20)13-31-23-25-21-19(22(28)27(23)2)17(12-30-21)15-6-4-3-5-7-15/h3-12H,13H2,1-2H3. The highest BCUT2D eigenvalue weighted by Gasteiger charge is 2.17. The Labute approximate surface area is 186 Å². The predicted molar refractivity (Wildman–Crippen MR) is 124 cm³/mol. The van der Waals surface area contributed by atoms with E-state index in [4.69, 9.17) is 9.51 Å². The first-order valence-electron chi connectivity index (χ1n) is 9.66. The van der Waals surface area contributed by atoms with Gasteiger partial charge in [-0.05, 0) is 12.5 Å². The van der Waals surface area contributed by atoms with E-state index in [9.17, 15) is 4.79 Å². The minimum absolute atomic E-state index is 0.0570. The molecule has 154 valence electrons. The van der Waals surface area contributed by atoms with Gasteiger partial charge < -0.3 is 4.52 Å². The van der Waals surface area contributed by atoms with Crippen molar-refractivity contribution in [1.82, 2.24) is 19.7 Å². The molecule has 3 aromatic heterocycles. The molecule has 5 rings (SSSR count). The third-order valence-electron chi connectivity index (χ3n) is 4.96. The number of rotatable bonds is 5. The summed E-state index contributed by atoms with van der Waals surface area (Å²) in [7, 11) is 1.75. The van der Waals surface area contributed by atoms with Gasteiger partial charge in [0.2, 0.25) is 11.7 Å². The Morgan fingerprint density at radius 3 is 2.58 bits per heavy atom. The highest BCUT2D eigenvalue weighted by molar-refractivity contribution is 7.98. The third-order valence-corrected chi connectivity index (χ3v) is 6.85. The van der Waals surface area contributed by atoms with Gasteiger partial charge in [0.15, 0.2) is 5.16 Å². The lowest BCUT2D eigenvalue weighted by atomic mass is 10.1. The average Bonchev–Trinajstić information content (AvgIpc) is 3.44. The molecule has 31 heavy (non-hydrogen) atoms. The maximum Gasteiger partial charge on any atom is 0.263 e. The van der Waals surface area contributed by atoms with E-state index >= 15 is 0 Å². The van der Waals surface area contributed by atoms with Crippen molar-refractivity contribution in [2.75, 3.05) is 0 Å². The third kappa shape index (κ3) is 3.80. The number of thioether (sulfide) groups is 1. The number of fused-ring (bicyclic) bond motifs is 1. The Morgan fingerprint density at radius 1 is 1.03 bits per heavy atom. The molecule has 6 nitrogen and oxygen atoms in total. The molecular weight excluding hydrogens is 428 g/mol. The number of nitrogens with zero attached hydrogens (tertiary/aromatic N) is 4. The molecule has 0 saturated heterocycles. The molecule has 0 radical (unpaired) electrons. The summed E-state index contributed by atoms with van der Waals surface area (Å²) in [6.45, 7) is 2.03. The Bertz CT molecular complexity index is 1420. The molecule has 0 spiro atoms. The maximum absolute atomic E-state index is 13.1. The van der Waals surface area contributed by atoms with Gasteiger partial charge in [-0.3, -0.25) is 9.36 Å². The molecule has 0 fully saturated rings. The molecule has 0 bridgehead atoms. The van der Waals surface area contributed by atoms with Gasteiger partial charge in [0, 0.05) is 23.6 Å². The van der Waals surface area contributed by atoms with Gasteiger partial charge in [-0.2, -0.15) is 4.98 Å². The topological polar surface area (TPSA) is 73.8 Å². The summed E-state index contributed by atoms with van der Waals surface area (Å²) < 4.78 is 6.98. The van der Waals surface area contributed by atoms with Crippen molar-refractivity contribution in [3.63, 3.8) is 0 Å². The summed E-state index contributed by atoms with van der Waals surface area (Å²) in [6, 6.07) is 17.9. The Morgan fingerprint density at radius 2 is 1.81 bits per heavy atom. The van der Waals surface area contributed by atoms with Crippen LogP contribution in [0.1, 0.15) is 11.5 Å². The summed E-state index contributed by atoms with van der Waals surface area (Å²) in [5.41, 5.74) is 3.96. The van der Waals surface area contributed by atoms with Gasteiger partial charge in [0.25, 0.3) is 5.56 Å². The van der Waals surface area contributed by atoms with Crippen LogP contribution in [0.25, 0.3) is 32.7 Å². The van der Waals surface area contributed by atoms with E-state index in [1.165, 1.54) is 28.7 Å². The number of hydrogen-bond acceptors (Lipinski definition) is 7. The molecule has 2 aromatic carbocycles. The van der Waals surface area contributed by atoms with Crippen molar-refractivity contribution in [1.29, 1.82) is 0 Å². The molecule has 0 amide bonds. The smallest absolute Gasteiger partial charge is 0.263 e. The van der Waals surface area contributed by atoms with Crippen molar-refractivity contribution < 1.29 is 4.52 Å². The molecule has 0 aliphatic carbocycles. The van der Waals surface area contributed by atoms with E-state index in [-0.39, 0.29) is 5.56 Å². The van der Waals surface area contributed by atoms with Crippen molar-refractivity contribution >= 4 is 33.3 Å². The van der Waals surface area contributed by atoms with Gasteiger partial charge in [0.1, 0.15) is 4.83 Å². The predicted octanol–water partition coefficient (Wildman–Crippen LogP) is 5.31. The van der Waals surface area contributed by atoms with Crippen molar-refractivity contribution in [3.05, 3.63) is 81.8 Å². The highest BCUT2D eigenvalue weighted by Crippen LogP contribution is 2.32. The minimum atomic E-state index is -0.0570.